The van der Waals surface area contributed by atoms with E-state index in [-0.39, 0.29) is 11.7 Å². The van der Waals surface area contributed by atoms with Crippen LogP contribution < -0.4 is 10.6 Å². The minimum atomic E-state index is -0.849. The SMILES string of the molecule is CNC(=O)c1ccc(CCCNC[C@H](O)c2ccccc2F)cc1. The number of rotatable bonds is 8. The van der Waals surface area contributed by atoms with Crippen molar-refractivity contribution in [3.05, 3.63) is 71.0 Å². The summed E-state index contributed by atoms with van der Waals surface area (Å²) in [5.41, 5.74) is 2.11. The third-order valence-corrected chi connectivity index (χ3v) is 3.86. The Morgan fingerprint density at radius 3 is 2.54 bits per heavy atom. The van der Waals surface area contributed by atoms with Crippen molar-refractivity contribution in [3.8, 4) is 0 Å². The van der Waals surface area contributed by atoms with E-state index < -0.39 is 6.10 Å². The van der Waals surface area contributed by atoms with Gasteiger partial charge in [-0.3, -0.25) is 4.79 Å². The molecule has 0 aliphatic carbocycles. The monoisotopic (exact) mass is 330 g/mol. The van der Waals surface area contributed by atoms with Gasteiger partial charge in [-0.1, -0.05) is 30.3 Å². The molecule has 2 aromatic carbocycles. The summed E-state index contributed by atoms with van der Waals surface area (Å²) < 4.78 is 13.5. The number of halogens is 1. The Bertz CT molecular complexity index is 659. The molecule has 0 heterocycles. The predicted octanol–water partition coefficient (Wildman–Crippen LogP) is 2.44. The van der Waals surface area contributed by atoms with E-state index >= 15 is 0 Å². The average molecular weight is 330 g/mol. The van der Waals surface area contributed by atoms with Gasteiger partial charge in [0.1, 0.15) is 5.82 Å². The molecule has 0 saturated carbocycles. The van der Waals surface area contributed by atoms with Crippen LogP contribution in [0.1, 0.15) is 34.0 Å². The Morgan fingerprint density at radius 2 is 1.88 bits per heavy atom. The number of aliphatic hydroxyl groups is 1. The first-order chi connectivity index (χ1) is 11.6. The van der Waals surface area contributed by atoms with Crippen molar-refractivity contribution >= 4 is 5.91 Å². The van der Waals surface area contributed by atoms with Crippen LogP contribution in [0.3, 0.4) is 0 Å². The Hall–Kier alpha value is -2.24. The number of carbonyl (C=O) groups excluding carboxylic acids is 1. The molecule has 1 atom stereocenters. The highest BCUT2D eigenvalue weighted by Crippen LogP contribution is 2.15. The number of carbonyl (C=O) groups is 1. The Labute approximate surface area is 141 Å². The van der Waals surface area contributed by atoms with Crippen LogP contribution in [0.5, 0.6) is 0 Å². The van der Waals surface area contributed by atoms with E-state index in [4.69, 9.17) is 0 Å². The van der Waals surface area contributed by atoms with Gasteiger partial charge in [0.15, 0.2) is 0 Å². The maximum atomic E-state index is 13.5. The molecule has 24 heavy (non-hydrogen) atoms. The Balaban J connectivity index is 1.70. The lowest BCUT2D eigenvalue weighted by molar-refractivity contribution is 0.0963. The number of benzene rings is 2. The zero-order valence-corrected chi connectivity index (χ0v) is 13.8. The zero-order chi connectivity index (χ0) is 17.4. The molecule has 0 spiro atoms. The largest absolute Gasteiger partial charge is 0.387 e. The quantitative estimate of drug-likeness (QED) is 0.652. The van der Waals surface area contributed by atoms with Gasteiger partial charge in [-0.15, -0.1) is 0 Å². The first-order valence-corrected chi connectivity index (χ1v) is 8.06. The van der Waals surface area contributed by atoms with E-state index in [9.17, 15) is 14.3 Å². The molecular formula is C19H23FN2O2. The van der Waals surface area contributed by atoms with Gasteiger partial charge in [-0.05, 0) is 43.1 Å². The van der Waals surface area contributed by atoms with Crippen molar-refractivity contribution in [2.24, 2.45) is 0 Å². The Morgan fingerprint density at radius 1 is 1.17 bits per heavy atom. The lowest BCUT2D eigenvalue weighted by Gasteiger charge is -2.13. The first kappa shape index (κ1) is 18.1. The maximum absolute atomic E-state index is 13.5. The summed E-state index contributed by atoms with van der Waals surface area (Å²) in [5, 5.41) is 15.7. The van der Waals surface area contributed by atoms with Crippen molar-refractivity contribution in [2.75, 3.05) is 20.1 Å². The van der Waals surface area contributed by atoms with Gasteiger partial charge in [0.05, 0.1) is 6.10 Å². The summed E-state index contributed by atoms with van der Waals surface area (Å²) in [6.45, 7) is 1.04. The zero-order valence-electron chi connectivity index (χ0n) is 13.8. The molecule has 128 valence electrons. The summed E-state index contributed by atoms with van der Waals surface area (Å²) in [6, 6.07) is 13.8. The van der Waals surface area contributed by atoms with E-state index in [2.05, 4.69) is 10.6 Å². The molecule has 0 aromatic heterocycles. The molecule has 1 amide bonds. The van der Waals surface area contributed by atoms with E-state index in [1.54, 1.807) is 25.2 Å². The minimum absolute atomic E-state index is 0.0923. The number of aryl methyl sites for hydroxylation is 1. The smallest absolute Gasteiger partial charge is 0.251 e. The normalized spacial score (nSPS) is 12.0. The molecule has 4 nitrogen and oxygen atoms in total. The van der Waals surface area contributed by atoms with Gasteiger partial charge < -0.3 is 15.7 Å². The van der Waals surface area contributed by atoms with Crippen molar-refractivity contribution in [2.45, 2.75) is 18.9 Å². The van der Waals surface area contributed by atoms with Gasteiger partial charge in [0.25, 0.3) is 5.91 Å². The van der Waals surface area contributed by atoms with E-state index in [1.807, 2.05) is 24.3 Å². The minimum Gasteiger partial charge on any atom is -0.387 e. The summed E-state index contributed by atoms with van der Waals surface area (Å²) in [5.74, 6) is -0.478. The number of hydrogen-bond donors (Lipinski definition) is 3. The van der Waals surface area contributed by atoms with E-state index in [0.717, 1.165) is 24.9 Å². The van der Waals surface area contributed by atoms with Crippen molar-refractivity contribution in [1.29, 1.82) is 0 Å². The fourth-order valence-corrected chi connectivity index (χ4v) is 2.48. The number of nitrogens with one attached hydrogen (secondary N) is 2. The van der Waals surface area contributed by atoms with E-state index in [0.29, 0.717) is 17.7 Å². The van der Waals surface area contributed by atoms with Crippen LogP contribution in [0.15, 0.2) is 48.5 Å². The molecule has 0 unspecified atom stereocenters. The van der Waals surface area contributed by atoms with Crippen LogP contribution in [0.2, 0.25) is 0 Å². The third kappa shape index (κ3) is 5.15. The van der Waals surface area contributed by atoms with Crippen LogP contribution >= 0.6 is 0 Å². The standard InChI is InChI=1S/C19H23FN2O2/c1-21-19(24)15-10-8-14(9-11-15)5-4-12-22-13-18(23)16-6-2-3-7-17(16)20/h2-3,6-11,18,22-23H,4-5,12-13H2,1H3,(H,21,24)/t18-/m0/s1. The summed E-state index contributed by atoms with van der Waals surface area (Å²) >= 11 is 0. The van der Waals surface area contributed by atoms with Gasteiger partial charge in [0.2, 0.25) is 0 Å². The van der Waals surface area contributed by atoms with Gasteiger partial charge in [0, 0.05) is 24.7 Å². The summed E-state index contributed by atoms with van der Waals surface area (Å²) in [7, 11) is 1.61. The molecule has 0 radical (unpaired) electrons. The van der Waals surface area contributed by atoms with Crippen molar-refractivity contribution < 1.29 is 14.3 Å². The fourth-order valence-electron chi connectivity index (χ4n) is 2.48. The number of aliphatic hydroxyl groups excluding tert-OH is 1. The van der Waals surface area contributed by atoms with Crippen LogP contribution in [0.25, 0.3) is 0 Å². The fraction of sp³-hybridized carbons (Fsp3) is 0.316. The molecular weight excluding hydrogens is 307 g/mol. The van der Waals surface area contributed by atoms with Crippen LogP contribution in [-0.4, -0.2) is 31.2 Å². The van der Waals surface area contributed by atoms with E-state index in [1.165, 1.54) is 6.07 Å². The van der Waals surface area contributed by atoms with Gasteiger partial charge >= 0.3 is 0 Å². The van der Waals surface area contributed by atoms with Crippen LogP contribution in [0, 0.1) is 5.82 Å². The lowest BCUT2D eigenvalue weighted by atomic mass is 10.1. The lowest BCUT2D eigenvalue weighted by Crippen LogP contribution is -2.23. The van der Waals surface area contributed by atoms with Gasteiger partial charge in [-0.2, -0.15) is 0 Å². The second-order valence-corrected chi connectivity index (χ2v) is 5.62. The highest BCUT2D eigenvalue weighted by molar-refractivity contribution is 5.93. The molecule has 0 saturated heterocycles. The Kier molecular flexibility index (Phi) is 6.90. The average Bonchev–Trinajstić information content (AvgIpc) is 2.61. The van der Waals surface area contributed by atoms with Crippen LogP contribution in [0.4, 0.5) is 4.39 Å². The molecule has 2 aromatic rings. The molecule has 5 heteroatoms. The third-order valence-electron chi connectivity index (χ3n) is 3.86. The highest BCUT2D eigenvalue weighted by Gasteiger charge is 2.11. The van der Waals surface area contributed by atoms with Crippen LogP contribution in [-0.2, 0) is 6.42 Å². The first-order valence-electron chi connectivity index (χ1n) is 8.06. The second kappa shape index (κ2) is 9.15. The molecule has 0 aliphatic rings. The highest BCUT2D eigenvalue weighted by atomic mass is 19.1. The molecule has 0 aliphatic heterocycles. The molecule has 0 bridgehead atoms. The molecule has 3 N–H and O–H groups in total. The molecule has 2 rings (SSSR count). The summed E-state index contributed by atoms with van der Waals surface area (Å²) in [4.78, 5) is 11.5. The predicted molar refractivity (Wildman–Crippen MR) is 92.4 cm³/mol. The van der Waals surface area contributed by atoms with Crippen molar-refractivity contribution in [3.63, 3.8) is 0 Å². The molecule has 0 fully saturated rings. The number of amides is 1. The second-order valence-electron chi connectivity index (χ2n) is 5.62. The van der Waals surface area contributed by atoms with Crippen molar-refractivity contribution in [1.82, 2.24) is 10.6 Å². The maximum Gasteiger partial charge on any atom is 0.251 e. The topological polar surface area (TPSA) is 61.4 Å². The number of hydrogen-bond acceptors (Lipinski definition) is 3. The van der Waals surface area contributed by atoms with Gasteiger partial charge in [-0.25, -0.2) is 4.39 Å². The summed E-state index contributed by atoms with van der Waals surface area (Å²) in [6.07, 6.45) is 0.915.